The molecule has 366 valence electrons. The summed E-state index contributed by atoms with van der Waals surface area (Å²) in [6, 6.07) is 58.9. The lowest BCUT2D eigenvalue weighted by atomic mass is 9.44. The van der Waals surface area contributed by atoms with E-state index in [0.717, 1.165) is 11.8 Å². The van der Waals surface area contributed by atoms with E-state index in [1.807, 2.05) is 0 Å². The third-order valence-electron chi connectivity index (χ3n) is 21.1. The Bertz CT molecular complexity index is 3840. The highest BCUT2D eigenvalue weighted by Crippen LogP contribution is 2.58. The molecule has 4 saturated carbocycles. The molecular formula is C71H69BN2. The van der Waals surface area contributed by atoms with Crippen molar-refractivity contribution in [2.24, 2.45) is 11.8 Å². The van der Waals surface area contributed by atoms with Crippen molar-refractivity contribution in [3.63, 3.8) is 0 Å². The summed E-state index contributed by atoms with van der Waals surface area (Å²) in [7, 11) is 0. The summed E-state index contributed by atoms with van der Waals surface area (Å²) in [5, 5.41) is 5.68. The van der Waals surface area contributed by atoms with E-state index in [-0.39, 0.29) is 23.1 Å². The van der Waals surface area contributed by atoms with Crippen LogP contribution in [0.1, 0.15) is 152 Å². The van der Waals surface area contributed by atoms with Gasteiger partial charge in [-0.25, -0.2) is 0 Å². The number of benzene rings is 8. The molecule has 0 radical (unpaired) electrons. The summed E-state index contributed by atoms with van der Waals surface area (Å²) >= 11 is 0. The number of anilines is 3. The minimum atomic E-state index is -0.152. The Morgan fingerprint density at radius 1 is 0.514 bits per heavy atom. The van der Waals surface area contributed by atoms with Gasteiger partial charge in [0.05, 0.1) is 5.69 Å². The average molecular weight is 961 g/mol. The third-order valence-corrected chi connectivity index (χ3v) is 21.1. The molecule has 1 aromatic heterocycles. The van der Waals surface area contributed by atoms with Crippen molar-refractivity contribution in [2.75, 3.05) is 4.90 Å². The highest BCUT2D eigenvalue weighted by molar-refractivity contribution is 6.90. The lowest BCUT2D eigenvalue weighted by molar-refractivity contribution is 0.149. The van der Waals surface area contributed by atoms with Gasteiger partial charge in [-0.05, 0) is 187 Å². The van der Waals surface area contributed by atoms with Crippen LogP contribution in [0.4, 0.5) is 17.1 Å². The van der Waals surface area contributed by atoms with Crippen LogP contribution in [-0.2, 0) is 21.7 Å². The Hall–Kier alpha value is -6.32. The minimum absolute atomic E-state index is 0.0151. The van der Waals surface area contributed by atoms with Crippen LogP contribution in [0.25, 0.3) is 66.0 Å². The molecule has 9 aromatic rings. The first-order valence-electron chi connectivity index (χ1n) is 29.0. The molecule has 2 aliphatic heterocycles. The molecule has 8 aromatic carbocycles. The molecule has 0 unspecified atom stereocenters. The molecule has 0 spiro atoms. The van der Waals surface area contributed by atoms with Crippen LogP contribution in [0.3, 0.4) is 0 Å². The summed E-state index contributed by atoms with van der Waals surface area (Å²) in [4.78, 5) is 2.74. The van der Waals surface area contributed by atoms with Crippen molar-refractivity contribution < 1.29 is 0 Å². The maximum Gasteiger partial charge on any atom is 0.333 e. The lowest BCUT2D eigenvalue weighted by Gasteiger charge is -2.46. The second kappa shape index (κ2) is 15.4. The largest absolute Gasteiger partial charge is 0.375 e. The van der Waals surface area contributed by atoms with Gasteiger partial charge in [0.2, 0.25) is 0 Å². The molecule has 2 nitrogen and oxygen atoms in total. The van der Waals surface area contributed by atoms with Gasteiger partial charge in [0.1, 0.15) is 0 Å². The predicted molar refractivity (Wildman–Crippen MR) is 314 cm³/mol. The fourth-order valence-electron chi connectivity index (χ4n) is 17.6. The molecule has 4 fully saturated rings. The highest BCUT2D eigenvalue weighted by Gasteiger charge is 2.49. The van der Waals surface area contributed by atoms with Gasteiger partial charge in [0, 0.05) is 49.7 Å². The van der Waals surface area contributed by atoms with Crippen LogP contribution in [0.2, 0.25) is 0 Å². The van der Waals surface area contributed by atoms with E-state index in [1.165, 1.54) is 201 Å². The molecule has 7 aliphatic rings. The Morgan fingerprint density at radius 3 is 1.93 bits per heavy atom. The maximum absolute atomic E-state index is 2.90. The van der Waals surface area contributed by atoms with Gasteiger partial charge in [0.25, 0.3) is 0 Å². The summed E-state index contributed by atoms with van der Waals surface area (Å²) < 4.78 is 2.90. The number of nitrogens with zero attached hydrogens (tertiary/aromatic N) is 2. The molecule has 4 bridgehead atoms. The molecule has 5 aliphatic carbocycles. The predicted octanol–water partition coefficient (Wildman–Crippen LogP) is 17.9. The standard InChI is InChI=1S/C71H69BN2/c1-68(2,3)48-27-29-61(53(36-48)46-21-7-6-8-22-46)73-63-40-54-52-25-11-12-26-58(52)69(4,5)59(54)41-60(63)72-66-64(73)35-47-23-9-10-24-51(47)65(66)57-39-50(71-33-15-19-45(43-71)20-16-34-71)38-56-55-37-49(28-30-62(55)74(72)67(56)57)70-31-13-17-44(42-70)18-14-32-70/h6-12,21-30,35-41,44-45H,13-20,31-34,42-43H2,1-5H3. The molecule has 16 rings (SSSR count). The van der Waals surface area contributed by atoms with Crippen LogP contribution in [0.15, 0.2) is 146 Å². The van der Waals surface area contributed by atoms with E-state index in [0.29, 0.717) is 5.41 Å². The Balaban J connectivity index is 1.06. The van der Waals surface area contributed by atoms with E-state index in [4.69, 9.17) is 0 Å². The van der Waals surface area contributed by atoms with Gasteiger partial charge >= 0.3 is 6.85 Å². The van der Waals surface area contributed by atoms with Gasteiger partial charge in [-0.15, -0.1) is 0 Å². The molecule has 0 N–H and O–H groups in total. The summed E-state index contributed by atoms with van der Waals surface area (Å²) in [6.45, 7) is 12.0. The second-order valence-electron chi connectivity index (χ2n) is 26.4. The van der Waals surface area contributed by atoms with Gasteiger partial charge in [-0.2, -0.15) is 0 Å². The van der Waals surface area contributed by atoms with Crippen LogP contribution in [-0.4, -0.2) is 11.3 Å². The van der Waals surface area contributed by atoms with E-state index in [1.54, 1.807) is 11.1 Å². The third kappa shape index (κ3) is 6.02. The van der Waals surface area contributed by atoms with E-state index < -0.39 is 0 Å². The first kappa shape index (κ1) is 44.0. The van der Waals surface area contributed by atoms with E-state index in [9.17, 15) is 0 Å². The van der Waals surface area contributed by atoms with Crippen LogP contribution in [0, 0.1) is 11.8 Å². The number of hydrogen-bond donors (Lipinski definition) is 0. The van der Waals surface area contributed by atoms with Crippen molar-refractivity contribution in [1.29, 1.82) is 0 Å². The Kier molecular flexibility index (Phi) is 9.16. The first-order valence-corrected chi connectivity index (χ1v) is 29.0. The highest BCUT2D eigenvalue weighted by atomic mass is 15.2. The van der Waals surface area contributed by atoms with Crippen molar-refractivity contribution in [3.05, 3.63) is 173 Å². The molecular weight excluding hydrogens is 892 g/mol. The molecule has 0 atom stereocenters. The van der Waals surface area contributed by atoms with Crippen LogP contribution in [0.5, 0.6) is 0 Å². The number of aromatic nitrogens is 1. The number of fused-ring (bicyclic) bond motifs is 16. The second-order valence-corrected chi connectivity index (χ2v) is 26.4. The smallest absolute Gasteiger partial charge is 0.333 e. The summed E-state index contributed by atoms with van der Waals surface area (Å²) in [6.07, 6.45) is 19.1. The minimum Gasteiger partial charge on any atom is -0.375 e. The molecule has 0 amide bonds. The summed E-state index contributed by atoms with van der Waals surface area (Å²) in [5.74, 6) is 1.73. The fourth-order valence-corrected chi connectivity index (χ4v) is 17.6. The fraction of sp³-hybridized carbons (Fsp3) is 0.352. The molecule has 0 saturated heterocycles. The lowest BCUT2D eigenvalue weighted by Crippen LogP contribution is -2.57. The monoisotopic (exact) mass is 961 g/mol. The van der Waals surface area contributed by atoms with Crippen molar-refractivity contribution in [3.8, 4) is 33.4 Å². The van der Waals surface area contributed by atoms with E-state index in [2.05, 4.69) is 190 Å². The van der Waals surface area contributed by atoms with Crippen molar-refractivity contribution in [1.82, 2.24) is 4.48 Å². The SMILES string of the molecule is CC(C)(C)c1ccc(N2c3cc4c(cc3B3c5c2cc2ccccc2c5-c2cc(C56CCCC(CCC5)C6)cc5c6cc(C78CCCC(CCC7)C8)ccc6n3c25)C(C)(C)c2ccccc2-4)c(-c2ccccc2)c1. The Labute approximate surface area is 439 Å². The van der Waals surface area contributed by atoms with Gasteiger partial charge in [-0.1, -0.05) is 183 Å². The maximum atomic E-state index is 2.90. The molecule has 3 heteroatoms. The van der Waals surface area contributed by atoms with Gasteiger partial charge in [-0.3, -0.25) is 0 Å². The van der Waals surface area contributed by atoms with Gasteiger partial charge in [0.15, 0.2) is 0 Å². The molecule has 74 heavy (non-hydrogen) atoms. The van der Waals surface area contributed by atoms with Gasteiger partial charge < -0.3 is 9.38 Å². The summed E-state index contributed by atoms with van der Waals surface area (Å²) in [5.41, 5.74) is 25.6. The number of hydrogen-bond acceptors (Lipinski definition) is 1. The zero-order valence-corrected chi connectivity index (χ0v) is 44.4. The van der Waals surface area contributed by atoms with Crippen molar-refractivity contribution in [2.45, 2.75) is 146 Å². The average Bonchev–Trinajstić information content (AvgIpc) is 3.88. The Morgan fingerprint density at radius 2 is 1.19 bits per heavy atom. The molecule has 3 heterocycles. The number of rotatable bonds is 4. The van der Waals surface area contributed by atoms with Crippen LogP contribution >= 0.6 is 0 Å². The normalized spacial score (nSPS) is 24.0. The van der Waals surface area contributed by atoms with E-state index >= 15 is 0 Å². The zero-order valence-electron chi connectivity index (χ0n) is 44.4. The topological polar surface area (TPSA) is 8.17 Å². The quantitative estimate of drug-likeness (QED) is 0.160. The van der Waals surface area contributed by atoms with Crippen LogP contribution < -0.4 is 15.8 Å². The first-order chi connectivity index (χ1) is 36.0. The van der Waals surface area contributed by atoms with Crippen molar-refractivity contribution >= 4 is 67.4 Å². The zero-order chi connectivity index (χ0) is 49.5.